The lowest BCUT2D eigenvalue weighted by Crippen LogP contribution is -2.50. The van der Waals surface area contributed by atoms with Crippen molar-refractivity contribution in [3.8, 4) is 6.07 Å². The van der Waals surface area contributed by atoms with E-state index >= 15 is 0 Å². The number of carbonyl (C=O) groups is 1. The number of hydrogen-bond donors (Lipinski definition) is 2. The molecule has 10 heteroatoms. The quantitative estimate of drug-likeness (QED) is 0.738. The number of fused-ring (bicyclic) bond motifs is 1. The molecule has 1 aromatic rings. The fourth-order valence-electron chi connectivity index (χ4n) is 5.00. The zero-order valence-corrected chi connectivity index (χ0v) is 18.9. The van der Waals surface area contributed by atoms with Gasteiger partial charge in [-0.2, -0.15) is 10.4 Å². The summed E-state index contributed by atoms with van der Waals surface area (Å²) in [4.78, 5) is 23.2. The van der Waals surface area contributed by atoms with Crippen LogP contribution in [0.3, 0.4) is 0 Å². The maximum absolute atomic E-state index is 12.1. The van der Waals surface area contributed by atoms with E-state index in [1.165, 1.54) is 0 Å². The third-order valence-corrected chi connectivity index (χ3v) is 6.93. The number of aromatic amines is 1. The van der Waals surface area contributed by atoms with Crippen molar-refractivity contribution in [2.24, 2.45) is 16.8 Å². The molecule has 1 aromatic heterocycles. The Kier molecular flexibility index (Phi) is 6.21. The molecule has 0 radical (unpaired) electrons. The Balaban J connectivity index is 1.43. The van der Waals surface area contributed by atoms with Crippen LogP contribution < -0.4 is 5.32 Å². The van der Waals surface area contributed by atoms with Gasteiger partial charge in [0.05, 0.1) is 11.1 Å². The third kappa shape index (κ3) is 4.55. The first-order chi connectivity index (χ1) is 14.9. The van der Waals surface area contributed by atoms with Gasteiger partial charge in [-0.3, -0.25) is 14.8 Å². The molecule has 2 fully saturated rings. The second kappa shape index (κ2) is 8.89. The number of nitrogens with zero attached hydrogens (tertiary/aromatic N) is 6. The average Bonchev–Trinajstić information content (AvgIpc) is 3.35. The summed E-state index contributed by atoms with van der Waals surface area (Å²) >= 11 is 6.44. The van der Waals surface area contributed by atoms with Gasteiger partial charge in [0, 0.05) is 44.1 Å². The number of anilines is 1. The Labute approximate surface area is 187 Å². The molecule has 4 rings (SSSR count). The van der Waals surface area contributed by atoms with E-state index in [1.807, 2.05) is 42.1 Å². The van der Waals surface area contributed by atoms with Crippen LogP contribution in [0.1, 0.15) is 31.4 Å². The number of nitrogens with one attached hydrogen (secondary N) is 2. The fourth-order valence-corrected chi connectivity index (χ4v) is 5.25. The van der Waals surface area contributed by atoms with E-state index in [4.69, 9.17) is 21.9 Å². The minimum Gasteiger partial charge on any atom is -0.345 e. The number of aryl methyl sites for hydroxylation is 1. The van der Waals surface area contributed by atoms with E-state index in [9.17, 15) is 4.79 Å². The van der Waals surface area contributed by atoms with Gasteiger partial charge in [-0.25, -0.2) is 4.99 Å². The normalized spacial score (nSPS) is 28.1. The number of rotatable bonds is 4. The minimum absolute atomic E-state index is 0.0250. The maximum atomic E-state index is 12.1. The number of H-pyrrole nitrogens is 1. The van der Waals surface area contributed by atoms with Crippen molar-refractivity contribution in [2.45, 2.75) is 44.9 Å². The molecule has 2 aliphatic heterocycles. The van der Waals surface area contributed by atoms with Crippen molar-refractivity contribution >= 4 is 29.2 Å². The summed E-state index contributed by atoms with van der Waals surface area (Å²) in [5.41, 5.74) is 0.959. The summed E-state index contributed by atoms with van der Waals surface area (Å²) in [5.74, 6) is 2.26. The minimum atomic E-state index is -0.177. The number of amides is 1. The van der Waals surface area contributed by atoms with Crippen molar-refractivity contribution in [1.82, 2.24) is 24.9 Å². The molecule has 0 bridgehead atoms. The molecular formula is C21H29ClN8O. The largest absolute Gasteiger partial charge is 0.345 e. The Morgan fingerprint density at radius 3 is 2.90 bits per heavy atom. The maximum Gasteiger partial charge on any atom is 0.236 e. The second-order valence-corrected chi connectivity index (χ2v) is 9.22. The molecule has 0 aromatic carbocycles. The number of likely N-dealkylation sites (tertiary alicyclic amines) is 1. The van der Waals surface area contributed by atoms with E-state index in [0.717, 1.165) is 38.0 Å². The summed E-state index contributed by atoms with van der Waals surface area (Å²) in [6.07, 6.45) is 4.87. The van der Waals surface area contributed by atoms with Gasteiger partial charge in [-0.1, -0.05) is 11.6 Å². The first-order valence-electron chi connectivity index (χ1n) is 10.7. The van der Waals surface area contributed by atoms with E-state index in [2.05, 4.69) is 27.5 Å². The highest BCUT2D eigenvalue weighted by Crippen LogP contribution is 2.39. The van der Waals surface area contributed by atoms with Gasteiger partial charge < -0.3 is 15.1 Å². The number of aliphatic imine (C=N–C) groups is 1. The van der Waals surface area contributed by atoms with Gasteiger partial charge in [0.25, 0.3) is 0 Å². The van der Waals surface area contributed by atoms with Gasteiger partial charge in [0.15, 0.2) is 17.9 Å². The van der Waals surface area contributed by atoms with Crippen LogP contribution >= 0.6 is 11.6 Å². The SMILES string of the molecule is Cc1cc(NC2=NC(N(C)C3CCC4CN(C(=O)CC#N)CC4C3)N(C)C=C2Cl)n[nH]1. The number of hydrogen-bond acceptors (Lipinski definition) is 7. The number of nitriles is 1. The van der Waals surface area contributed by atoms with Gasteiger partial charge in [-0.05, 0) is 45.1 Å². The van der Waals surface area contributed by atoms with Crippen LogP contribution in [-0.2, 0) is 4.79 Å². The Bertz CT molecular complexity index is 934. The van der Waals surface area contributed by atoms with E-state index < -0.39 is 0 Å². The summed E-state index contributed by atoms with van der Waals surface area (Å²) in [6, 6.07) is 4.25. The van der Waals surface area contributed by atoms with Gasteiger partial charge in [0.1, 0.15) is 6.42 Å². The van der Waals surface area contributed by atoms with Gasteiger partial charge in [0.2, 0.25) is 5.91 Å². The van der Waals surface area contributed by atoms with Crippen molar-refractivity contribution < 1.29 is 4.79 Å². The van der Waals surface area contributed by atoms with Crippen molar-refractivity contribution in [1.29, 1.82) is 5.26 Å². The number of aromatic nitrogens is 2. The predicted molar refractivity (Wildman–Crippen MR) is 119 cm³/mol. The molecule has 3 aliphatic rings. The average molecular weight is 445 g/mol. The molecule has 31 heavy (non-hydrogen) atoms. The third-order valence-electron chi connectivity index (χ3n) is 6.65. The summed E-state index contributed by atoms with van der Waals surface area (Å²) in [6.45, 7) is 3.49. The Hall–Kier alpha value is -2.57. The highest BCUT2D eigenvalue weighted by Gasteiger charge is 2.41. The number of amidine groups is 1. The van der Waals surface area contributed by atoms with Crippen LogP contribution in [0.4, 0.5) is 5.82 Å². The highest BCUT2D eigenvalue weighted by molar-refractivity contribution is 6.45. The molecule has 9 nitrogen and oxygen atoms in total. The van der Waals surface area contributed by atoms with E-state index in [0.29, 0.717) is 34.6 Å². The topological polar surface area (TPSA) is 104 Å². The van der Waals surface area contributed by atoms with Crippen LogP contribution in [0.25, 0.3) is 0 Å². The van der Waals surface area contributed by atoms with Crippen LogP contribution in [0.5, 0.6) is 0 Å². The Morgan fingerprint density at radius 1 is 1.42 bits per heavy atom. The van der Waals surface area contributed by atoms with Crippen LogP contribution in [0, 0.1) is 30.1 Å². The molecule has 166 valence electrons. The molecule has 4 unspecified atom stereocenters. The predicted octanol–water partition coefficient (Wildman–Crippen LogP) is 2.31. The summed E-state index contributed by atoms with van der Waals surface area (Å²) in [7, 11) is 4.08. The van der Waals surface area contributed by atoms with Crippen LogP contribution in [0.15, 0.2) is 22.3 Å². The molecule has 1 amide bonds. The summed E-state index contributed by atoms with van der Waals surface area (Å²) < 4.78 is 0. The fraction of sp³-hybridized carbons (Fsp3) is 0.619. The molecule has 1 aliphatic carbocycles. The monoisotopic (exact) mass is 444 g/mol. The smallest absolute Gasteiger partial charge is 0.236 e. The van der Waals surface area contributed by atoms with Crippen LogP contribution in [-0.4, -0.2) is 76.2 Å². The molecule has 2 N–H and O–H groups in total. The lowest BCUT2D eigenvalue weighted by Gasteiger charge is -2.42. The van der Waals surface area contributed by atoms with Gasteiger partial charge in [-0.15, -0.1) is 0 Å². The number of carbonyl (C=O) groups excluding carboxylic acids is 1. The van der Waals surface area contributed by atoms with E-state index in [-0.39, 0.29) is 18.6 Å². The Morgan fingerprint density at radius 2 is 2.19 bits per heavy atom. The summed E-state index contributed by atoms with van der Waals surface area (Å²) in [5, 5.41) is 19.7. The molecule has 4 atom stereocenters. The first-order valence-corrected chi connectivity index (χ1v) is 11.1. The van der Waals surface area contributed by atoms with E-state index in [1.54, 1.807) is 0 Å². The lowest BCUT2D eigenvalue weighted by molar-refractivity contribution is -0.129. The van der Waals surface area contributed by atoms with Crippen molar-refractivity contribution in [3.63, 3.8) is 0 Å². The van der Waals surface area contributed by atoms with Crippen molar-refractivity contribution in [2.75, 3.05) is 32.5 Å². The second-order valence-electron chi connectivity index (χ2n) is 8.81. The molecule has 3 heterocycles. The number of halogens is 1. The molecular weight excluding hydrogens is 416 g/mol. The van der Waals surface area contributed by atoms with Gasteiger partial charge >= 0.3 is 0 Å². The highest BCUT2D eigenvalue weighted by atomic mass is 35.5. The standard InChI is InChI=1S/C21H29ClN8O/c1-13-8-18(27-26-13)24-20-17(22)12-28(2)21(25-20)29(3)16-5-4-14-10-30(11-15(14)9-16)19(31)6-7-23/h8,12,14-16,21H,4-6,9-11H2,1-3H3,(H2,24,25,26,27). The zero-order chi connectivity index (χ0) is 22.1. The molecule has 1 saturated carbocycles. The molecule has 1 saturated heterocycles. The first kappa shape index (κ1) is 21.7. The zero-order valence-electron chi connectivity index (χ0n) is 18.2. The van der Waals surface area contributed by atoms with Crippen molar-refractivity contribution in [3.05, 3.63) is 23.0 Å². The molecule has 0 spiro atoms. The van der Waals surface area contributed by atoms with Crippen LogP contribution in [0.2, 0.25) is 0 Å². The lowest BCUT2D eigenvalue weighted by atomic mass is 9.78.